The van der Waals surface area contributed by atoms with Crippen molar-refractivity contribution in [3.8, 4) is 0 Å². The number of morpholine rings is 1. The van der Waals surface area contributed by atoms with Gasteiger partial charge >= 0.3 is 5.97 Å². The molecule has 0 saturated carbocycles. The minimum absolute atomic E-state index is 0.267. The molecule has 1 aromatic carbocycles. The van der Waals surface area contributed by atoms with E-state index in [0.29, 0.717) is 19.7 Å². The third kappa shape index (κ3) is 3.78. The van der Waals surface area contributed by atoms with E-state index in [2.05, 4.69) is 0 Å². The lowest BCUT2D eigenvalue weighted by molar-refractivity contribution is -0.00681. The van der Waals surface area contributed by atoms with Crippen molar-refractivity contribution in [2.75, 3.05) is 32.5 Å². The number of aromatic carboxylic acids is 1. The van der Waals surface area contributed by atoms with Gasteiger partial charge in [0.05, 0.1) is 24.0 Å². The normalized spacial score (nSPS) is 20.4. The molecule has 6 nitrogen and oxygen atoms in total. The number of carbonyl (C=O) groups is 1. The summed E-state index contributed by atoms with van der Waals surface area (Å²) in [6, 6.07) is 2.73. The first kappa shape index (κ1) is 15.9. The molecule has 2 rings (SSSR count). The van der Waals surface area contributed by atoms with Crippen LogP contribution in [0.1, 0.15) is 10.4 Å². The number of ether oxygens (including phenoxy) is 1. The molecule has 1 saturated heterocycles. The molecule has 1 N–H and O–H groups in total. The van der Waals surface area contributed by atoms with Crippen molar-refractivity contribution < 1.29 is 27.4 Å². The molecule has 1 aromatic rings. The van der Waals surface area contributed by atoms with E-state index in [0.717, 1.165) is 18.2 Å². The van der Waals surface area contributed by atoms with Crippen molar-refractivity contribution >= 4 is 15.8 Å². The Balaban J connectivity index is 2.26. The molecule has 0 bridgehead atoms. The number of hydrogen-bond donors (Lipinski definition) is 1. The molecule has 0 spiro atoms. The average molecular weight is 317 g/mol. The lowest BCUT2D eigenvalue weighted by atomic mass is 10.2. The van der Waals surface area contributed by atoms with Gasteiger partial charge in [0, 0.05) is 13.1 Å². The standard InChI is InChI=1S/C13H16FNO5S/c1-15-4-5-20-10(7-15)8-21(18,19)12-6-9(13(16)17)2-3-11(12)14/h2-3,6,10H,4-5,7-8H2,1H3,(H,16,17). The van der Waals surface area contributed by atoms with E-state index in [4.69, 9.17) is 9.84 Å². The maximum Gasteiger partial charge on any atom is 0.335 e. The van der Waals surface area contributed by atoms with Gasteiger partial charge in [0.1, 0.15) is 10.7 Å². The van der Waals surface area contributed by atoms with Gasteiger partial charge < -0.3 is 14.7 Å². The number of nitrogens with zero attached hydrogens (tertiary/aromatic N) is 1. The van der Waals surface area contributed by atoms with Crippen molar-refractivity contribution in [2.24, 2.45) is 0 Å². The summed E-state index contributed by atoms with van der Waals surface area (Å²) < 4.78 is 43.6. The van der Waals surface area contributed by atoms with Gasteiger partial charge in [-0.1, -0.05) is 0 Å². The Morgan fingerprint density at radius 3 is 2.86 bits per heavy atom. The predicted octanol–water partition coefficient (Wildman–Crippen LogP) is 0.628. The van der Waals surface area contributed by atoms with E-state index in [1.807, 2.05) is 11.9 Å². The fourth-order valence-corrected chi connectivity index (χ4v) is 3.72. The van der Waals surface area contributed by atoms with E-state index in [1.165, 1.54) is 0 Å². The maximum atomic E-state index is 13.7. The molecule has 1 atom stereocenters. The molecule has 1 fully saturated rings. The van der Waals surface area contributed by atoms with E-state index < -0.39 is 32.6 Å². The number of hydrogen-bond acceptors (Lipinski definition) is 5. The highest BCUT2D eigenvalue weighted by Crippen LogP contribution is 2.20. The van der Waals surface area contributed by atoms with E-state index in [9.17, 15) is 17.6 Å². The molecule has 1 aliphatic rings. The second-order valence-corrected chi connectivity index (χ2v) is 6.99. The first-order valence-electron chi connectivity index (χ1n) is 6.35. The Morgan fingerprint density at radius 2 is 2.24 bits per heavy atom. The summed E-state index contributed by atoms with van der Waals surface area (Å²) in [5.41, 5.74) is -0.267. The van der Waals surface area contributed by atoms with E-state index in [1.54, 1.807) is 0 Å². The van der Waals surface area contributed by atoms with Gasteiger partial charge in [-0.2, -0.15) is 0 Å². The topological polar surface area (TPSA) is 83.9 Å². The minimum atomic E-state index is -3.96. The molecule has 116 valence electrons. The third-order valence-corrected chi connectivity index (χ3v) is 5.05. The highest BCUT2D eigenvalue weighted by Gasteiger charge is 2.28. The summed E-state index contributed by atoms with van der Waals surface area (Å²) in [4.78, 5) is 12.2. The lowest BCUT2D eigenvalue weighted by Crippen LogP contribution is -2.43. The third-order valence-electron chi connectivity index (χ3n) is 3.26. The Morgan fingerprint density at radius 1 is 1.52 bits per heavy atom. The van der Waals surface area contributed by atoms with E-state index >= 15 is 0 Å². The average Bonchev–Trinajstić information content (AvgIpc) is 2.38. The summed E-state index contributed by atoms with van der Waals surface area (Å²) >= 11 is 0. The van der Waals surface area contributed by atoms with Gasteiger partial charge in [0.15, 0.2) is 9.84 Å². The summed E-state index contributed by atoms with van der Waals surface area (Å²) in [5, 5.41) is 8.87. The van der Waals surface area contributed by atoms with Crippen molar-refractivity contribution in [3.63, 3.8) is 0 Å². The number of carboxylic acids is 1. The first-order chi connectivity index (χ1) is 9.79. The second-order valence-electron chi connectivity index (χ2n) is 4.99. The predicted molar refractivity (Wildman–Crippen MR) is 72.6 cm³/mol. The molecule has 8 heteroatoms. The zero-order valence-electron chi connectivity index (χ0n) is 11.5. The van der Waals surface area contributed by atoms with Crippen LogP contribution in [0.3, 0.4) is 0 Å². The van der Waals surface area contributed by atoms with Gasteiger partial charge in [0.25, 0.3) is 0 Å². The maximum absolute atomic E-state index is 13.7. The molecule has 0 radical (unpaired) electrons. The SMILES string of the molecule is CN1CCOC(CS(=O)(=O)c2cc(C(=O)O)ccc2F)C1. The van der Waals surface area contributed by atoms with E-state index in [-0.39, 0.29) is 11.3 Å². The lowest BCUT2D eigenvalue weighted by Gasteiger charge is -2.29. The Kier molecular flexibility index (Phi) is 4.60. The summed E-state index contributed by atoms with van der Waals surface area (Å²) in [6.07, 6.45) is -0.554. The Hall–Kier alpha value is -1.51. The van der Waals surface area contributed by atoms with Crippen molar-refractivity contribution in [2.45, 2.75) is 11.0 Å². The van der Waals surface area contributed by atoms with Crippen LogP contribution in [0, 0.1) is 5.82 Å². The Labute approximate surface area is 122 Å². The zero-order chi connectivity index (χ0) is 15.6. The number of halogens is 1. The quantitative estimate of drug-likeness (QED) is 0.877. The largest absolute Gasteiger partial charge is 0.478 e. The molecule has 0 aromatic heterocycles. The van der Waals surface area contributed by atoms with Gasteiger partial charge in [-0.25, -0.2) is 17.6 Å². The minimum Gasteiger partial charge on any atom is -0.478 e. The molecule has 0 aliphatic carbocycles. The number of benzene rings is 1. The summed E-state index contributed by atoms with van der Waals surface area (Å²) in [7, 11) is -2.12. The number of sulfone groups is 1. The van der Waals surface area contributed by atoms with Gasteiger partial charge in [-0.15, -0.1) is 0 Å². The summed E-state index contributed by atoms with van der Waals surface area (Å²) in [5.74, 6) is -2.64. The molecule has 1 unspecified atom stereocenters. The molecule has 21 heavy (non-hydrogen) atoms. The van der Waals surface area contributed by atoms with Gasteiger partial charge in [-0.05, 0) is 25.2 Å². The number of carboxylic acid groups (broad SMARTS) is 1. The van der Waals surface area contributed by atoms with Crippen LogP contribution in [0.15, 0.2) is 23.1 Å². The number of rotatable bonds is 4. The summed E-state index contributed by atoms with van der Waals surface area (Å²) in [6.45, 7) is 1.55. The van der Waals surface area contributed by atoms with Crippen molar-refractivity contribution in [1.29, 1.82) is 0 Å². The smallest absolute Gasteiger partial charge is 0.335 e. The highest BCUT2D eigenvalue weighted by molar-refractivity contribution is 7.91. The molecule has 0 amide bonds. The van der Waals surface area contributed by atoms with Crippen LogP contribution >= 0.6 is 0 Å². The van der Waals surface area contributed by atoms with Gasteiger partial charge in [-0.3, -0.25) is 0 Å². The first-order valence-corrected chi connectivity index (χ1v) is 8.00. The van der Waals surface area contributed by atoms with Crippen LogP contribution in [-0.2, 0) is 14.6 Å². The van der Waals surface area contributed by atoms with Crippen molar-refractivity contribution in [3.05, 3.63) is 29.6 Å². The van der Waals surface area contributed by atoms with Crippen LogP contribution in [0.5, 0.6) is 0 Å². The van der Waals surface area contributed by atoms with Crippen LogP contribution in [0.25, 0.3) is 0 Å². The van der Waals surface area contributed by atoms with Crippen LogP contribution < -0.4 is 0 Å². The highest BCUT2D eigenvalue weighted by atomic mass is 32.2. The Bertz CT molecular complexity index is 646. The molecule has 1 aliphatic heterocycles. The van der Waals surface area contributed by atoms with Crippen LogP contribution in [0.2, 0.25) is 0 Å². The fourth-order valence-electron chi connectivity index (χ4n) is 2.18. The van der Waals surface area contributed by atoms with Gasteiger partial charge in [0.2, 0.25) is 0 Å². The second kappa shape index (κ2) is 6.08. The van der Waals surface area contributed by atoms with Crippen LogP contribution in [0.4, 0.5) is 4.39 Å². The molecular weight excluding hydrogens is 301 g/mol. The van der Waals surface area contributed by atoms with Crippen molar-refractivity contribution in [1.82, 2.24) is 4.90 Å². The monoisotopic (exact) mass is 317 g/mol. The zero-order valence-corrected chi connectivity index (χ0v) is 12.3. The molecule has 1 heterocycles. The fraction of sp³-hybridized carbons (Fsp3) is 0.462. The molecular formula is C13H16FNO5S. The number of likely N-dealkylation sites (N-methyl/N-ethyl adjacent to an activating group) is 1. The van der Waals surface area contributed by atoms with Crippen LogP contribution in [-0.4, -0.2) is 63.0 Å².